The average molecular weight is 297 g/mol. The van der Waals surface area contributed by atoms with Crippen LogP contribution in [0.15, 0.2) is 12.5 Å². The maximum Gasteiger partial charge on any atom is 0.183 e. The molecule has 1 saturated heterocycles. The summed E-state index contributed by atoms with van der Waals surface area (Å²) in [6, 6.07) is 0. The number of aromatic nitrogens is 4. The van der Waals surface area contributed by atoms with Crippen LogP contribution in [0.4, 0.5) is 5.82 Å². The van der Waals surface area contributed by atoms with Gasteiger partial charge in [-0.1, -0.05) is 0 Å². The molecule has 114 valence electrons. The molecule has 4 atom stereocenters. The average Bonchev–Trinajstić information content (AvgIpc) is 2.99. The Balaban J connectivity index is 2.09. The van der Waals surface area contributed by atoms with Crippen molar-refractivity contribution >= 4 is 16.9 Å². The number of aliphatic hydroxyl groups is 3. The van der Waals surface area contributed by atoms with Gasteiger partial charge in [-0.2, -0.15) is 5.10 Å². The lowest BCUT2D eigenvalue weighted by molar-refractivity contribution is -0.100. The molecule has 3 rings (SSSR count). The van der Waals surface area contributed by atoms with Crippen LogP contribution in [0.1, 0.15) is 13.2 Å². The molecule has 2 aromatic heterocycles. The van der Waals surface area contributed by atoms with Gasteiger partial charge in [0.05, 0.1) is 18.2 Å². The molecule has 0 radical (unpaired) electrons. The van der Waals surface area contributed by atoms with Crippen LogP contribution in [0, 0.1) is 0 Å². The summed E-state index contributed by atoms with van der Waals surface area (Å²) in [7, 11) is 0. The van der Waals surface area contributed by atoms with E-state index in [2.05, 4.69) is 15.1 Å². The second-order valence-corrected chi connectivity index (χ2v) is 5.04. The van der Waals surface area contributed by atoms with Crippen LogP contribution < -0.4 is 5.48 Å². The van der Waals surface area contributed by atoms with Crippen LogP contribution in [0.2, 0.25) is 0 Å². The van der Waals surface area contributed by atoms with E-state index in [1.807, 2.05) is 5.48 Å². The minimum atomic E-state index is -1.66. The lowest BCUT2D eigenvalue weighted by Gasteiger charge is -2.26. The van der Waals surface area contributed by atoms with Crippen LogP contribution in [-0.4, -0.2) is 64.7 Å². The van der Waals surface area contributed by atoms with E-state index in [1.165, 1.54) is 24.1 Å². The number of ether oxygens (including phenoxy) is 1. The summed E-state index contributed by atoms with van der Waals surface area (Å²) in [4.78, 5) is 7.87. The van der Waals surface area contributed by atoms with Crippen LogP contribution >= 0.6 is 0 Å². The molecule has 0 aromatic carbocycles. The van der Waals surface area contributed by atoms with Crippen molar-refractivity contribution in [1.82, 2.24) is 19.7 Å². The van der Waals surface area contributed by atoms with Crippen molar-refractivity contribution in [1.29, 1.82) is 0 Å². The Hall–Kier alpha value is -1.85. The van der Waals surface area contributed by atoms with Crippen molar-refractivity contribution in [3.63, 3.8) is 0 Å². The summed E-state index contributed by atoms with van der Waals surface area (Å²) in [6.45, 7) is 0.948. The number of anilines is 1. The molecule has 21 heavy (non-hydrogen) atoms. The second kappa shape index (κ2) is 4.86. The number of aliphatic hydroxyl groups excluding tert-OH is 2. The van der Waals surface area contributed by atoms with Gasteiger partial charge < -0.3 is 20.1 Å². The summed E-state index contributed by atoms with van der Waals surface area (Å²) in [6.07, 6.45) is -0.636. The molecule has 0 aliphatic carbocycles. The van der Waals surface area contributed by atoms with Gasteiger partial charge in [0, 0.05) is 0 Å². The largest absolute Gasteiger partial charge is 0.394 e. The van der Waals surface area contributed by atoms with Gasteiger partial charge in [0.25, 0.3) is 0 Å². The molecule has 3 heterocycles. The highest BCUT2D eigenvalue weighted by Gasteiger charge is 2.53. The van der Waals surface area contributed by atoms with E-state index >= 15 is 0 Å². The van der Waals surface area contributed by atoms with Gasteiger partial charge in [-0.3, -0.25) is 10.7 Å². The molecule has 2 aromatic rings. The topological polar surface area (TPSA) is 146 Å². The summed E-state index contributed by atoms with van der Waals surface area (Å²) >= 11 is 0. The molecule has 10 heteroatoms. The van der Waals surface area contributed by atoms with Crippen molar-refractivity contribution in [3.05, 3.63) is 12.5 Å². The first-order valence-electron chi connectivity index (χ1n) is 6.25. The molecule has 1 unspecified atom stereocenters. The highest BCUT2D eigenvalue weighted by Crippen LogP contribution is 2.39. The van der Waals surface area contributed by atoms with Gasteiger partial charge in [-0.05, 0) is 6.92 Å². The molecule has 0 saturated carbocycles. The lowest BCUT2D eigenvalue weighted by Crippen LogP contribution is -2.44. The third kappa shape index (κ3) is 1.96. The van der Waals surface area contributed by atoms with Gasteiger partial charge in [0.2, 0.25) is 0 Å². The summed E-state index contributed by atoms with van der Waals surface area (Å²) in [5.74, 6) is 0.156. The number of nitrogens with zero attached hydrogens (tertiary/aromatic N) is 4. The van der Waals surface area contributed by atoms with E-state index in [4.69, 9.17) is 9.94 Å². The second-order valence-electron chi connectivity index (χ2n) is 5.04. The fourth-order valence-corrected chi connectivity index (χ4v) is 2.47. The maximum atomic E-state index is 10.4. The quantitative estimate of drug-likeness (QED) is 0.433. The molecule has 10 nitrogen and oxygen atoms in total. The zero-order chi connectivity index (χ0) is 15.2. The van der Waals surface area contributed by atoms with Crippen LogP contribution in [0.3, 0.4) is 0 Å². The fourth-order valence-electron chi connectivity index (χ4n) is 2.47. The van der Waals surface area contributed by atoms with Crippen LogP contribution in [0.25, 0.3) is 11.0 Å². The molecule has 1 aliphatic heterocycles. The lowest BCUT2D eigenvalue weighted by atomic mass is 9.97. The standard InChI is InChI=1S/C11H15N5O5/c1-11(19)7(18)6(3-17)21-10(11)16-9-5(2-14-16)8(15-20)12-4-13-9/h2,4,6-7,10,17-20H,3H2,1H3,(H,12,13,15)/t6-,7-,10-,11?/m1/s1. The van der Waals surface area contributed by atoms with Gasteiger partial charge in [0.1, 0.15) is 24.1 Å². The molecular weight excluding hydrogens is 282 g/mol. The molecule has 1 aliphatic rings. The van der Waals surface area contributed by atoms with E-state index in [0.29, 0.717) is 11.0 Å². The minimum Gasteiger partial charge on any atom is -0.394 e. The molecule has 1 fully saturated rings. The van der Waals surface area contributed by atoms with Crippen molar-refractivity contribution in [2.45, 2.75) is 31.0 Å². The number of rotatable bonds is 3. The summed E-state index contributed by atoms with van der Waals surface area (Å²) in [5.41, 5.74) is 0.567. The van der Waals surface area contributed by atoms with Crippen LogP contribution in [0.5, 0.6) is 0 Å². The Kier molecular flexibility index (Phi) is 3.26. The zero-order valence-electron chi connectivity index (χ0n) is 11.1. The van der Waals surface area contributed by atoms with Crippen molar-refractivity contribution in [2.24, 2.45) is 0 Å². The maximum absolute atomic E-state index is 10.4. The number of nitrogens with one attached hydrogen (secondary N) is 1. The number of hydrogen-bond acceptors (Lipinski definition) is 9. The molecule has 5 N–H and O–H groups in total. The zero-order valence-corrected chi connectivity index (χ0v) is 11.1. The predicted octanol–water partition coefficient (Wildman–Crippen LogP) is -1.37. The van der Waals surface area contributed by atoms with Crippen molar-refractivity contribution in [2.75, 3.05) is 12.1 Å². The van der Waals surface area contributed by atoms with E-state index in [-0.39, 0.29) is 5.82 Å². The monoisotopic (exact) mass is 297 g/mol. The summed E-state index contributed by atoms with van der Waals surface area (Å²) in [5, 5.41) is 43.1. The highest BCUT2D eigenvalue weighted by atomic mass is 16.6. The third-order valence-corrected chi connectivity index (χ3v) is 3.65. The van der Waals surface area contributed by atoms with Crippen molar-refractivity contribution in [3.8, 4) is 0 Å². The Morgan fingerprint density at radius 2 is 2.24 bits per heavy atom. The Labute approximate surface area is 118 Å². The van der Waals surface area contributed by atoms with E-state index in [9.17, 15) is 15.3 Å². The van der Waals surface area contributed by atoms with Gasteiger partial charge >= 0.3 is 0 Å². The smallest absolute Gasteiger partial charge is 0.183 e. The van der Waals surface area contributed by atoms with Gasteiger partial charge in [0.15, 0.2) is 17.7 Å². The summed E-state index contributed by atoms with van der Waals surface area (Å²) < 4.78 is 6.75. The SMILES string of the molecule is CC1(O)[C@H](O)[C@@H](CO)O[C@H]1n1ncc2c(NO)ncnc21. The van der Waals surface area contributed by atoms with E-state index < -0.39 is 30.6 Å². The molecule has 0 bridgehead atoms. The van der Waals surface area contributed by atoms with Gasteiger partial charge in [-0.25, -0.2) is 14.6 Å². The number of hydrogen-bond donors (Lipinski definition) is 5. The first-order chi connectivity index (χ1) is 10.0. The molecule has 0 amide bonds. The van der Waals surface area contributed by atoms with E-state index in [0.717, 1.165) is 0 Å². The van der Waals surface area contributed by atoms with E-state index in [1.54, 1.807) is 0 Å². The normalized spacial score (nSPS) is 32.7. The Bertz CT molecular complexity index is 659. The van der Waals surface area contributed by atoms with Crippen molar-refractivity contribution < 1.29 is 25.3 Å². The first kappa shape index (κ1) is 14.1. The van der Waals surface area contributed by atoms with Crippen LogP contribution in [-0.2, 0) is 4.74 Å². The number of fused-ring (bicyclic) bond motifs is 1. The Morgan fingerprint density at radius 1 is 1.48 bits per heavy atom. The third-order valence-electron chi connectivity index (χ3n) is 3.65. The first-order valence-corrected chi connectivity index (χ1v) is 6.25. The minimum absolute atomic E-state index is 0.156. The Morgan fingerprint density at radius 3 is 2.86 bits per heavy atom. The van der Waals surface area contributed by atoms with Gasteiger partial charge in [-0.15, -0.1) is 0 Å². The molecular formula is C11H15N5O5. The highest BCUT2D eigenvalue weighted by molar-refractivity contribution is 5.85. The fraction of sp³-hybridized carbons (Fsp3) is 0.545. The predicted molar refractivity (Wildman–Crippen MR) is 68.4 cm³/mol. The molecule has 0 spiro atoms.